The lowest BCUT2D eigenvalue weighted by Crippen LogP contribution is -2.38. The summed E-state index contributed by atoms with van der Waals surface area (Å²) in [6.45, 7) is 2.12. The number of fused-ring (bicyclic) bond motifs is 1. The zero-order valence-electron chi connectivity index (χ0n) is 19.9. The summed E-state index contributed by atoms with van der Waals surface area (Å²) in [5.41, 5.74) is 12.8. The average Bonchev–Trinajstić information content (AvgIpc) is 3.33. The van der Waals surface area contributed by atoms with E-state index >= 15 is 0 Å². The second kappa shape index (κ2) is 8.98. The minimum Gasteiger partial charge on any atom is -0.383 e. The molecule has 9 heteroatoms. The first-order valence-corrected chi connectivity index (χ1v) is 13.5. The summed E-state index contributed by atoms with van der Waals surface area (Å²) in [7, 11) is -1.56. The van der Waals surface area contributed by atoms with Gasteiger partial charge in [-0.2, -0.15) is 0 Å². The van der Waals surface area contributed by atoms with Crippen LogP contribution in [0.25, 0.3) is 22.3 Å². The van der Waals surface area contributed by atoms with Crippen LogP contribution in [0.4, 0.5) is 11.5 Å². The smallest absolute Gasteiger partial charge is 0.251 e. The number of pyridine rings is 1. The lowest BCUT2D eigenvalue weighted by Gasteiger charge is -2.23. The van der Waals surface area contributed by atoms with Crippen molar-refractivity contribution in [3.05, 3.63) is 65.9 Å². The quantitative estimate of drug-likeness (QED) is 0.568. The van der Waals surface area contributed by atoms with Crippen molar-refractivity contribution in [2.45, 2.75) is 18.9 Å². The summed E-state index contributed by atoms with van der Waals surface area (Å²) in [5, 5.41) is 2.87. The Hall–Kier alpha value is -3.43. The van der Waals surface area contributed by atoms with Crippen LogP contribution < -0.4 is 16.0 Å². The van der Waals surface area contributed by atoms with Gasteiger partial charge in [0.15, 0.2) is 0 Å². The van der Waals surface area contributed by atoms with E-state index < -0.39 is 10.0 Å². The van der Waals surface area contributed by atoms with Crippen LogP contribution >= 0.6 is 0 Å². The molecule has 1 amide bonds. The van der Waals surface area contributed by atoms with Gasteiger partial charge in [-0.3, -0.25) is 4.79 Å². The Morgan fingerprint density at radius 2 is 1.80 bits per heavy atom. The van der Waals surface area contributed by atoms with Crippen LogP contribution in [0.15, 0.2) is 54.7 Å². The lowest BCUT2D eigenvalue weighted by atomic mass is 9.94. The van der Waals surface area contributed by atoms with Gasteiger partial charge < -0.3 is 16.0 Å². The maximum Gasteiger partial charge on any atom is 0.251 e. The van der Waals surface area contributed by atoms with E-state index in [0.717, 1.165) is 52.9 Å². The average molecular weight is 492 g/mol. The van der Waals surface area contributed by atoms with Crippen molar-refractivity contribution in [3.8, 4) is 22.3 Å². The Labute approximate surface area is 205 Å². The van der Waals surface area contributed by atoms with Crippen molar-refractivity contribution in [2.24, 2.45) is 0 Å². The molecule has 2 aliphatic heterocycles. The zero-order valence-corrected chi connectivity index (χ0v) is 20.7. The van der Waals surface area contributed by atoms with Crippen LogP contribution in [-0.4, -0.2) is 62.6 Å². The highest BCUT2D eigenvalue weighted by Gasteiger charge is 2.30. The molecule has 0 bridgehead atoms. The van der Waals surface area contributed by atoms with E-state index in [9.17, 15) is 13.2 Å². The zero-order chi connectivity index (χ0) is 24.7. The third-order valence-corrected chi connectivity index (χ3v) is 8.37. The van der Waals surface area contributed by atoms with E-state index in [0.29, 0.717) is 24.5 Å². The summed E-state index contributed by atoms with van der Waals surface area (Å²) in [4.78, 5) is 18.7. The number of carbonyl (C=O) groups excluding carboxylic acids is 1. The van der Waals surface area contributed by atoms with Crippen molar-refractivity contribution in [1.29, 1.82) is 0 Å². The van der Waals surface area contributed by atoms with Gasteiger partial charge in [0.1, 0.15) is 5.82 Å². The molecule has 3 heterocycles. The first kappa shape index (κ1) is 23.3. The molecule has 1 aromatic heterocycles. The number of anilines is 2. The number of nitrogens with one attached hydrogen (secondary N) is 1. The molecule has 0 aliphatic carbocycles. The second-order valence-electron chi connectivity index (χ2n) is 9.25. The molecule has 182 valence electrons. The second-order valence-corrected chi connectivity index (χ2v) is 11.3. The van der Waals surface area contributed by atoms with E-state index in [2.05, 4.69) is 39.5 Å². The molecule has 0 spiro atoms. The molecule has 5 rings (SSSR count). The number of benzene rings is 2. The molecule has 3 aromatic rings. The van der Waals surface area contributed by atoms with Gasteiger partial charge in [-0.25, -0.2) is 17.7 Å². The van der Waals surface area contributed by atoms with Gasteiger partial charge in [-0.15, -0.1) is 0 Å². The molecule has 3 N–H and O–H groups in total. The van der Waals surface area contributed by atoms with Crippen molar-refractivity contribution in [1.82, 2.24) is 14.6 Å². The minimum absolute atomic E-state index is 0.0174. The lowest BCUT2D eigenvalue weighted by molar-refractivity contribution is 0.0946. The number of carbonyl (C=O) groups is 1. The highest BCUT2D eigenvalue weighted by Crippen LogP contribution is 2.33. The van der Waals surface area contributed by atoms with E-state index in [1.54, 1.807) is 13.2 Å². The SMILES string of the molecule is CN([C@@H]1CCN(c2ccc(-c3cnc(N)c(-c4ccc5c(c4)CCNC5=O)c3)cc2)C1)S(C)(=O)=O. The van der Waals surface area contributed by atoms with Gasteiger partial charge >= 0.3 is 0 Å². The van der Waals surface area contributed by atoms with Crippen LogP contribution in [0.5, 0.6) is 0 Å². The molecular formula is C26H29N5O3S. The first-order chi connectivity index (χ1) is 16.7. The van der Waals surface area contributed by atoms with Gasteiger partial charge in [0.25, 0.3) is 5.91 Å². The van der Waals surface area contributed by atoms with E-state index in [-0.39, 0.29) is 11.9 Å². The van der Waals surface area contributed by atoms with Crippen molar-refractivity contribution < 1.29 is 13.2 Å². The number of aromatic nitrogens is 1. The number of likely N-dealkylation sites (N-methyl/N-ethyl adjacent to an activating group) is 1. The monoisotopic (exact) mass is 491 g/mol. The van der Waals surface area contributed by atoms with Crippen molar-refractivity contribution in [2.75, 3.05) is 43.6 Å². The highest BCUT2D eigenvalue weighted by atomic mass is 32.2. The number of rotatable bonds is 5. The molecule has 1 fully saturated rings. The topological polar surface area (TPSA) is 109 Å². The van der Waals surface area contributed by atoms with E-state index in [1.807, 2.05) is 24.3 Å². The Bertz CT molecular complexity index is 1390. The number of nitrogen functional groups attached to an aromatic ring is 1. The van der Waals surface area contributed by atoms with Crippen LogP contribution in [-0.2, 0) is 16.4 Å². The molecule has 0 unspecified atom stereocenters. The predicted octanol–water partition coefficient (Wildman–Crippen LogP) is 2.75. The summed E-state index contributed by atoms with van der Waals surface area (Å²) < 4.78 is 25.2. The molecule has 2 aromatic carbocycles. The number of nitrogens with two attached hydrogens (primary N) is 1. The Morgan fingerprint density at radius 3 is 2.54 bits per heavy atom. The molecule has 1 atom stereocenters. The summed E-state index contributed by atoms with van der Waals surface area (Å²) >= 11 is 0. The standard InChI is InChI=1S/C26H29N5O3S/c1-30(35(2,33)34)22-10-12-31(16-22)21-6-3-17(4-7-21)20-14-24(25(27)29-15-20)18-5-8-23-19(13-18)9-11-28-26(23)32/h3-8,13-15,22H,9-12,16H2,1-2H3,(H2,27,29)(H,28,32)/t22-/m1/s1. The number of nitrogens with zero attached hydrogens (tertiary/aromatic N) is 3. The van der Waals surface area contributed by atoms with Crippen LogP contribution in [0.2, 0.25) is 0 Å². The third kappa shape index (κ3) is 4.61. The first-order valence-electron chi connectivity index (χ1n) is 11.7. The highest BCUT2D eigenvalue weighted by molar-refractivity contribution is 7.88. The molecule has 35 heavy (non-hydrogen) atoms. The van der Waals surface area contributed by atoms with E-state index in [1.165, 1.54) is 10.6 Å². The number of sulfonamides is 1. The number of hydrogen-bond donors (Lipinski definition) is 2. The summed E-state index contributed by atoms with van der Waals surface area (Å²) in [5.74, 6) is 0.411. The molecule has 2 aliphatic rings. The largest absolute Gasteiger partial charge is 0.383 e. The fourth-order valence-corrected chi connectivity index (χ4v) is 5.58. The van der Waals surface area contributed by atoms with Crippen molar-refractivity contribution in [3.63, 3.8) is 0 Å². The molecular weight excluding hydrogens is 462 g/mol. The van der Waals surface area contributed by atoms with Crippen LogP contribution in [0, 0.1) is 0 Å². The maximum absolute atomic E-state index is 12.1. The fourth-order valence-electron chi connectivity index (χ4n) is 4.87. The van der Waals surface area contributed by atoms with Gasteiger partial charge in [-0.1, -0.05) is 24.3 Å². The van der Waals surface area contributed by atoms with Gasteiger partial charge in [0.2, 0.25) is 10.0 Å². The Morgan fingerprint density at radius 1 is 1.06 bits per heavy atom. The normalized spacial score (nSPS) is 18.0. The summed E-state index contributed by atoms with van der Waals surface area (Å²) in [6.07, 6.45) is 4.62. The maximum atomic E-state index is 12.1. The molecule has 8 nitrogen and oxygen atoms in total. The van der Waals surface area contributed by atoms with Gasteiger partial charge in [0.05, 0.1) is 6.26 Å². The van der Waals surface area contributed by atoms with E-state index in [4.69, 9.17) is 5.73 Å². The molecule has 0 saturated carbocycles. The van der Waals surface area contributed by atoms with Crippen molar-refractivity contribution >= 4 is 27.4 Å². The number of amides is 1. The molecule has 1 saturated heterocycles. The van der Waals surface area contributed by atoms with Crippen LogP contribution in [0.3, 0.4) is 0 Å². The third-order valence-electron chi connectivity index (χ3n) is 7.03. The minimum atomic E-state index is -3.20. The van der Waals surface area contributed by atoms with Gasteiger partial charge in [-0.05, 0) is 53.8 Å². The Balaban J connectivity index is 1.37. The number of hydrogen-bond acceptors (Lipinski definition) is 6. The predicted molar refractivity (Wildman–Crippen MR) is 139 cm³/mol. The Kier molecular flexibility index (Phi) is 5.98. The summed E-state index contributed by atoms with van der Waals surface area (Å²) in [6, 6.07) is 16.1. The fraction of sp³-hybridized carbons (Fsp3) is 0.308. The van der Waals surface area contributed by atoms with Crippen LogP contribution in [0.1, 0.15) is 22.3 Å². The molecule has 0 radical (unpaired) electrons. The van der Waals surface area contributed by atoms with Gasteiger partial charge in [0, 0.05) is 61.3 Å².